The Hall–Kier alpha value is -1.06. The normalized spacial score (nSPS) is 12.2. The molecule has 1 amide bonds. The van der Waals surface area contributed by atoms with E-state index in [4.69, 9.17) is 11.6 Å². The van der Waals surface area contributed by atoms with E-state index < -0.39 is 0 Å². The standard InChI is InChI=1S/C14H21ClN2O/c1-3-16-9-8-14(18)17-11(2)10-12-4-6-13(15)7-5-12/h4-7,11,16H,3,8-10H2,1-2H3,(H,17,18). The topological polar surface area (TPSA) is 41.1 Å². The molecule has 0 radical (unpaired) electrons. The van der Waals surface area contributed by atoms with Crippen LogP contribution in [0.1, 0.15) is 25.8 Å². The van der Waals surface area contributed by atoms with Gasteiger partial charge in [0, 0.05) is 24.0 Å². The minimum absolute atomic E-state index is 0.0948. The van der Waals surface area contributed by atoms with E-state index in [1.807, 2.05) is 38.1 Å². The van der Waals surface area contributed by atoms with Gasteiger partial charge in [0.1, 0.15) is 0 Å². The summed E-state index contributed by atoms with van der Waals surface area (Å²) < 4.78 is 0. The van der Waals surface area contributed by atoms with Crippen LogP contribution in [0.2, 0.25) is 5.02 Å². The number of nitrogens with one attached hydrogen (secondary N) is 2. The summed E-state index contributed by atoms with van der Waals surface area (Å²) in [5.74, 6) is 0.0948. The molecule has 18 heavy (non-hydrogen) atoms. The average Bonchev–Trinajstić information content (AvgIpc) is 2.32. The Balaban J connectivity index is 2.30. The van der Waals surface area contributed by atoms with E-state index in [1.165, 1.54) is 5.56 Å². The summed E-state index contributed by atoms with van der Waals surface area (Å²) in [4.78, 5) is 11.6. The number of amides is 1. The van der Waals surface area contributed by atoms with Gasteiger partial charge < -0.3 is 10.6 Å². The fourth-order valence-electron chi connectivity index (χ4n) is 1.75. The van der Waals surface area contributed by atoms with Gasteiger partial charge in [-0.05, 0) is 37.6 Å². The van der Waals surface area contributed by atoms with Crippen LogP contribution in [0.25, 0.3) is 0 Å². The third-order valence-electron chi connectivity index (χ3n) is 2.64. The molecule has 1 aromatic carbocycles. The first-order chi connectivity index (χ1) is 8.61. The summed E-state index contributed by atoms with van der Waals surface area (Å²) in [5.41, 5.74) is 1.18. The van der Waals surface area contributed by atoms with Crippen molar-refractivity contribution in [2.75, 3.05) is 13.1 Å². The van der Waals surface area contributed by atoms with Crippen molar-refractivity contribution in [1.29, 1.82) is 0 Å². The van der Waals surface area contributed by atoms with Crippen molar-refractivity contribution in [1.82, 2.24) is 10.6 Å². The minimum Gasteiger partial charge on any atom is -0.353 e. The molecule has 1 rings (SSSR count). The van der Waals surface area contributed by atoms with E-state index >= 15 is 0 Å². The van der Waals surface area contributed by atoms with Crippen molar-refractivity contribution < 1.29 is 4.79 Å². The van der Waals surface area contributed by atoms with E-state index in [9.17, 15) is 4.79 Å². The molecule has 0 aliphatic carbocycles. The molecule has 0 aliphatic rings. The molecule has 2 N–H and O–H groups in total. The highest BCUT2D eigenvalue weighted by Crippen LogP contribution is 2.10. The van der Waals surface area contributed by atoms with Gasteiger partial charge in [-0.3, -0.25) is 4.79 Å². The van der Waals surface area contributed by atoms with Crippen molar-refractivity contribution >= 4 is 17.5 Å². The lowest BCUT2D eigenvalue weighted by molar-refractivity contribution is -0.121. The van der Waals surface area contributed by atoms with Gasteiger partial charge in [-0.1, -0.05) is 30.7 Å². The van der Waals surface area contributed by atoms with Crippen molar-refractivity contribution in [3.05, 3.63) is 34.9 Å². The Kier molecular flexibility index (Phi) is 6.76. The summed E-state index contributed by atoms with van der Waals surface area (Å²) in [6.07, 6.45) is 1.35. The van der Waals surface area contributed by atoms with Crippen LogP contribution in [0.15, 0.2) is 24.3 Å². The molecule has 1 atom stereocenters. The average molecular weight is 269 g/mol. The molecule has 0 spiro atoms. The summed E-state index contributed by atoms with van der Waals surface area (Å²) in [5, 5.41) is 6.86. The second-order valence-corrected chi connectivity index (χ2v) is 4.84. The van der Waals surface area contributed by atoms with Crippen molar-refractivity contribution in [3.63, 3.8) is 0 Å². The maximum atomic E-state index is 11.6. The van der Waals surface area contributed by atoms with E-state index in [0.717, 1.165) is 24.5 Å². The van der Waals surface area contributed by atoms with Gasteiger partial charge in [0.25, 0.3) is 0 Å². The molecule has 0 fully saturated rings. The molecule has 1 aromatic rings. The lowest BCUT2D eigenvalue weighted by atomic mass is 10.1. The second kappa shape index (κ2) is 8.11. The molecule has 1 unspecified atom stereocenters. The third-order valence-corrected chi connectivity index (χ3v) is 2.89. The number of hydrogen-bond donors (Lipinski definition) is 2. The highest BCUT2D eigenvalue weighted by Gasteiger charge is 2.07. The number of benzene rings is 1. The predicted octanol–water partition coefficient (Wildman–Crippen LogP) is 2.39. The Morgan fingerprint density at radius 1 is 1.33 bits per heavy atom. The molecular weight excluding hydrogens is 248 g/mol. The van der Waals surface area contributed by atoms with Crippen LogP contribution in [0, 0.1) is 0 Å². The van der Waals surface area contributed by atoms with E-state index in [-0.39, 0.29) is 11.9 Å². The van der Waals surface area contributed by atoms with Gasteiger partial charge in [-0.15, -0.1) is 0 Å². The van der Waals surface area contributed by atoms with E-state index in [0.29, 0.717) is 6.42 Å². The first-order valence-corrected chi connectivity index (χ1v) is 6.74. The van der Waals surface area contributed by atoms with Gasteiger partial charge in [0.2, 0.25) is 5.91 Å². The molecule has 4 heteroatoms. The molecule has 0 saturated carbocycles. The lowest BCUT2D eigenvalue weighted by Gasteiger charge is -2.14. The van der Waals surface area contributed by atoms with Gasteiger partial charge in [0.15, 0.2) is 0 Å². The Bertz CT molecular complexity index is 365. The number of halogens is 1. The summed E-state index contributed by atoms with van der Waals surface area (Å²) in [6.45, 7) is 5.67. The fraction of sp³-hybridized carbons (Fsp3) is 0.500. The van der Waals surface area contributed by atoms with Crippen LogP contribution in [-0.2, 0) is 11.2 Å². The molecule has 0 heterocycles. The van der Waals surface area contributed by atoms with Crippen LogP contribution in [0.3, 0.4) is 0 Å². The highest BCUT2D eigenvalue weighted by molar-refractivity contribution is 6.30. The largest absolute Gasteiger partial charge is 0.353 e. The Morgan fingerprint density at radius 3 is 2.61 bits per heavy atom. The lowest BCUT2D eigenvalue weighted by Crippen LogP contribution is -2.35. The third kappa shape index (κ3) is 6.03. The number of rotatable bonds is 7. The summed E-state index contributed by atoms with van der Waals surface area (Å²) >= 11 is 5.83. The van der Waals surface area contributed by atoms with Crippen molar-refractivity contribution in [3.8, 4) is 0 Å². The Morgan fingerprint density at radius 2 is 2.00 bits per heavy atom. The zero-order valence-electron chi connectivity index (χ0n) is 11.0. The van der Waals surface area contributed by atoms with Crippen molar-refractivity contribution in [2.45, 2.75) is 32.7 Å². The van der Waals surface area contributed by atoms with Gasteiger partial charge in [-0.25, -0.2) is 0 Å². The molecular formula is C14H21ClN2O. The van der Waals surface area contributed by atoms with Gasteiger partial charge in [0.05, 0.1) is 0 Å². The SMILES string of the molecule is CCNCCC(=O)NC(C)Cc1ccc(Cl)cc1. The number of carbonyl (C=O) groups is 1. The first kappa shape index (κ1) is 15.0. The van der Waals surface area contributed by atoms with Crippen LogP contribution in [0.4, 0.5) is 0 Å². The van der Waals surface area contributed by atoms with Crippen LogP contribution >= 0.6 is 11.6 Å². The van der Waals surface area contributed by atoms with Crippen molar-refractivity contribution in [2.24, 2.45) is 0 Å². The molecule has 0 bridgehead atoms. The van der Waals surface area contributed by atoms with Crippen LogP contribution in [0.5, 0.6) is 0 Å². The molecule has 100 valence electrons. The minimum atomic E-state index is 0.0948. The zero-order valence-corrected chi connectivity index (χ0v) is 11.8. The second-order valence-electron chi connectivity index (χ2n) is 4.40. The first-order valence-electron chi connectivity index (χ1n) is 6.36. The predicted molar refractivity (Wildman–Crippen MR) is 75.9 cm³/mol. The fourth-order valence-corrected chi connectivity index (χ4v) is 1.88. The van der Waals surface area contributed by atoms with Crippen LogP contribution in [-0.4, -0.2) is 25.0 Å². The summed E-state index contributed by atoms with van der Waals surface area (Å²) in [7, 11) is 0. The van der Waals surface area contributed by atoms with Crippen LogP contribution < -0.4 is 10.6 Å². The quantitative estimate of drug-likeness (QED) is 0.746. The Labute approximate surface area is 114 Å². The number of carbonyl (C=O) groups excluding carboxylic acids is 1. The smallest absolute Gasteiger partial charge is 0.221 e. The van der Waals surface area contributed by atoms with E-state index in [2.05, 4.69) is 10.6 Å². The van der Waals surface area contributed by atoms with Gasteiger partial charge >= 0.3 is 0 Å². The monoisotopic (exact) mass is 268 g/mol. The van der Waals surface area contributed by atoms with E-state index in [1.54, 1.807) is 0 Å². The van der Waals surface area contributed by atoms with Gasteiger partial charge in [-0.2, -0.15) is 0 Å². The molecule has 0 aromatic heterocycles. The maximum absolute atomic E-state index is 11.6. The molecule has 0 aliphatic heterocycles. The number of hydrogen-bond acceptors (Lipinski definition) is 2. The highest BCUT2D eigenvalue weighted by atomic mass is 35.5. The molecule has 3 nitrogen and oxygen atoms in total. The maximum Gasteiger partial charge on any atom is 0.221 e. The summed E-state index contributed by atoms with van der Waals surface area (Å²) in [6, 6.07) is 7.86. The molecule has 0 saturated heterocycles. The zero-order chi connectivity index (χ0) is 13.4.